The number of rotatable bonds is 3. The molecule has 3 aromatic heterocycles. The molecule has 4 heterocycles. The lowest BCUT2D eigenvalue weighted by Crippen LogP contribution is -2.59. The molecule has 5 rings (SSSR count). The highest BCUT2D eigenvalue weighted by Gasteiger charge is 2.36. The van der Waals surface area contributed by atoms with Gasteiger partial charge in [-0.3, -0.25) is 9.69 Å². The van der Waals surface area contributed by atoms with Crippen molar-refractivity contribution in [2.75, 3.05) is 23.3 Å². The van der Waals surface area contributed by atoms with Gasteiger partial charge < -0.3 is 19.4 Å². The first-order valence-corrected chi connectivity index (χ1v) is 13.2. The van der Waals surface area contributed by atoms with Crippen LogP contribution in [0.4, 0.5) is 16.2 Å². The molecule has 1 aliphatic heterocycles. The van der Waals surface area contributed by atoms with Gasteiger partial charge in [-0.2, -0.15) is 10.4 Å². The van der Waals surface area contributed by atoms with E-state index in [2.05, 4.69) is 31.5 Å². The Balaban J connectivity index is 1.43. The average molecular weight is 541 g/mol. The number of nitrogens with one attached hydrogen (secondary N) is 1. The van der Waals surface area contributed by atoms with Crippen LogP contribution < -0.4 is 10.2 Å². The van der Waals surface area contributed by atoms with Crippen molar-refractivity contribution >= 4 is 39.9 Å². The number of anilines is 2. The van der Waals surface area contributed by atoms with Gasteiger partial charge in [0.2, 0.25) is 0 Å². The van der Waals surface area contributed by atoms with E-state index >= 15 is 0 Å². The zero-order valence-electron chi connectivity index (χ0n) is 23.5. The highest BCUT2D eigenvalue weighted by atomic mass is 16.6. The molecule has 0 unspecified atom stereocenters. The van der Waals surface area contributed by atoms with E-state index in [0.717, 1.165) is 16.8 Å². The van der Waals surface area contributed by atoms with Crippen LogP contribution in [-0.2, 0) is 4.74 Å². The fourth-order valence-electron chi connectivity index (χ4n) is 5.29. The molecule has 2 amide bonds. The average Bonchev–Trinajstić information content (AvgIpc) is 3.26. The number of carbonyl (C=O) groups excluding carboxylic acids is 2. The molecule has 1 saturated heterocycles. The number of amides is 2. The van der Waals surface area contributed by atoms with Gasteiger partial charge in [0.1, 0.15) is 17.2 Å². The van der Waals surface area contributed by atoms with Crippen molar-refractivity contribution in [3.63, 3.8) is 0 Å². The summed E-state index contributed by atoms with van der Waals surface area (Å²) in [5, 5.41) is 21.6. The SMILES string of the molecule is Cc1cn2cc(NC(=O)c3ccc(N4C[C@@H](C)N(C(=O)OC(C)(C)C)[C@@H](C)C4)c4ccnnc34)cc(C#N)c2n1. The van der Waals surface area contributed by atoms with Crippen molar-refractivity contribution < 1.29 is 14.3 Å². The van der Waals surface area contributed by atoms with E-state index in [4.69, 9.17) is 4.74 Å². The third-order valence-corrected chi connectivity index (χ3v) is 6.82. The van der Waals surface area contributed by atoms with E-state index in [1.165, 1.54) is 0 Å². The molecule has 206 valence electrons. The van der Waals surface area contributed by atoms with Crippen molar-refractivity contribution in [1.82, 2.24) is 24.5 Å². The number of piperazine rings is 1. The molecular formula is C29H32N8O3. The van der Waals surface area contributed by atoms with Crippen molar-refractivity contribution in [3.05, 3.63) is 59.7 Å². The lowest BCUT2D eigenvalue weighted by molar-refractivity contribution is 0.00567. The molecule has 1 aliphatic rings. The Morgan fingerprint density at radius 2 is 1.85 bits per heavy atom. The van der Waals surface area contributed by atoms with Crippen LogP contribution in [-0.4, -0.2) is 67.3 Å². The first-order chi connectivity index (χ1) is 18.9. The smallest absolute Gasteiger partial charge is 0.410 e. The van der Waals surface area contributed by atoms with E-state index in [1.54, 1.807) is 40.0 Å². The summed E-state index contributed by atoms with van der Waals surface area (Å²) in [7, 11) is 0. The van der Waals surface area contributed by atoms with Crippen molar-refractivity contribution in [1.29, 1.82) is 5.26 Å². The third kappa shape index (κ3) is 5.12. The Morgan fingerprint density at radius 3 is 2.52 bits per heavy atom. The number of fused-ring (bicyclic) bond motifs is 2. The summed E-state index contributed by atoms with van der Waals surface area (Å²) in [6.07, 6.45) is 4.81. The summed E-state index contributed by atoms with van der Waals surface area (Å²) < 4.78 is 7.37. The minimum absolute atomic E-state index is 0.0949. The number of imidazole rings is 1. The number of carbonyl (C=O) groups is 2. The molecule has 11 nitrogen and oxygen atoms in total. The van der Waals surface area contributed by atoms with E-state index in [-0.39, 0.29) is 24.1 Å². The Labute approximate surface area is 232 Å². The number of ether oxygens (including phenoxy) is 1. The monoisotopic (exact) mass is 540 g/mol. The van der Waals surface area contributed by atoms with Gasteiger partial charge in [-0.05, 0) is 65.8 Å². The predicted octanol–water partition coefficient (Wildman–Crippen LogP) is 4.54. The highest BCUT2D eigenvalue weighted by molar-refractivity contribution is 6.13. The van der Waals surface area contributed by atoms with Crippen LogP contribution in [0.25, 0.3) is 16.6 Å². The number of aryl methyl sites for hydroxylation is 1. The van der Waals surface area contributed by atoms with Crippen LogP contribution in [0.2, 0.25) is 0 Å². The Hall–Kier alpha value is -4.72. The molecule has 40 heavy (non-hydrogen) atoms. The first kappa shape index (κ1) is 26.9. The summed E-state index contributed by atoms with van der Waals surface area (Å²) in [6.45, 7) is 12.6. The molecule has 1 fully saturated rings. The fraction of sp³-hybridized carbons (Fsp3) is 0.379. The van der Waals surface area contributed by atoms with Crippen LogP contribution in [0.3, 0.4) is 0 Å². The molecule has 0 saturated carbocycles. The van der Waals surface area contributed by atoms with Crippen LogP contribution in [0.15, 0.2) is 42.9 Å². The van der Waals surface area contributed by atoms with Crippen LogP contribution in [0.1, 0.15) is 56.2 Å². The number of nitrogens with zero attached hydrogens (tertiary/aromatic N) is 7. The third-order valence-electron chi connectivity index (χ3n) is 6.82. The molecule has 2 atom stereocenters. The molecule has 11 heteroatoms. The summed E-state index contributed by atoms with van der Waals surface area (Å²) in [4.78, 5) is 34.7. The fourth-order valence-corrected chi connectivity index (χ4v) is 5.29. The van der Waals surface area contributed by atoms with E-state index < -0.39 is 5.60 Å². The van der Waals surface area contributed by atoms with Gasteiger partial charge in [-0.15, -0.1) is 5.10 Å². The molecule has 0 bridgehead atoms. The summed E-state index contributed by atoms with van der Waals surface area (Å²) >= 11 is 0. The minimum Gasteiger partial charge on any atom is -0.444 e. The standard InChI is InChI=1S/C29H32N8O3/c1-17-13-36-16-21(11-20(12-30)26(36)32-17)33-27(38)23-7-8-24(22-9-10-31-34-25(22)23)35-14-18(2)37(19(3)15-35)28(39)40-29(4,5)6/h7-11,13,16,18-19H,14-15H2,1-6H3,(H,33,38)/t18-,19+. The van der Waals surface area contributed by atoms with Gasteiger partial charge in [0.15, 0.2) is 5.65 Å². The van der Waals surface area contributed by atoms with Gasteiger partial charge >= 0.3 is 6.09 Å². The Kier molecular flexibility index (Phi) is 6.79. The van der Waals surface area contributed by atoms with E-state index in [1.807, 2.05) is 53.7 Å². The van der Waals surface area contributed by atoms with Crippen LogP contribution in [0, 0.1) is 18.3 Å². The lowest BCUT2D eigenvalue weighted by atomic mass is 10.0. The molecule has 1 aromatic carbocycles. The number of nitriles is 1. The second-order valence-electron chi connectivity index (χ2n) is 11.2. The van der Waals surface area contributed by atoms with E-state index in [0.29, 0.717) is 41.1 Å². The number of aromatic nitrogens is 4. The minimum atomic E-state index is -0.571. The summed E-state index contributed by atoms with van der Waals surface area (Å²) in [5.74, 6) is -0.367. The van der Waals surface area contributed by atoms with E-state index in [9.17, 15) is 14.9 Å². The second kappa shape index (κ2) is 10.1. The molecule has 1 N–H and O–H groups in total. The number of benzene rings is 1. The van der Waals surface area contributed by atoms with Crippen LogP contribution >= 0.6 is 0 Å². The summed E-state index contributed by atoms with van der Waals surface area (Å²) in [5.41, 5.74) is 3.30. The predicted molar refractivity (Wildman–Crippen MR) is 151 cm³/mol. The maximum Gasteiger partial charge on any atom is 0.410 e. The molecular weight excluding hydrogens is 508 g/mol. The largest absolute Gasteiger partial charge is 0.444 e. The maximum absolute atomic E-state index is 13.4. The van der Waals surface area contributed by atoms with Crippen molar-refractivity contribution in [2.45, 2.75) is 59.2 Å². The zero-order valence-corrected chi connectivity index (χ0v) is 23.5. The lowest BCUT2D eigenvalue weighted by Gasteiger charge is -2.45. The molecule has 0 spiro atoms. The van der Waals surface area contributed by atoms with Gasteiger partial charge in [0.05, 0.1) is 40.8 Å². The Bertz CT molecular complexity index is 1650. The maximum atomic E-state index is 13.4. The first-order valence-electron chi connectivity index (χ1n) is 13.2. The number of pyridine rings is 1. The summed E-state index contributed by atoms with van der Waals surface area (Å²) in [6, 6.07) is 9.05. The Morgan fingerprint density at radius 1 is 1.12 bits per heavy atom. The number of hydrogen-bond donors (Lipinski definition) is 1. The zero-order chi connectivity index (χ0) is 28.8. The topological polar surface area (TPSA) is 129 Å². The van der Waals surface area contributed by atoms with Gasteiger partial charge in [0.25, 0.3) is 5.91 Å². The second-order valence-corrected chi connectivity index (χ2v) is 11.2. The van der Waals surface area contributed by atoms with Gasteiger partial charge in [-0.1, -0.05) is 0 Å². The number of hydrogen-bond acceptors (Lipinski definition) is 8. The van der Waals surface area contributed by atoms with Gasteiger partial charge in [0, 0.05) is 36.6 Å². The normalized spacial score (nSPS) is 17.6. The van der Waals surface area contributed by atoms with Crippen LogP contribution in [0.5, 0.6) is 0 Å². The van der Waals surface area contributed by atoms with Gasteiger partial charge in [-0.25, -0.2) is 9.78 Å². The molecule has 4 aromatic rings. The van der Waals surface area contributed by atoms with Crippen molar-refractivity contribution in [3.8, 4) is 6.07 Å². The highest BCUT2D eigenvalue weighted by Crippen LogP contribution is 2.32. The quantitative estimate of drug-likeness (QED) is 0.401. The van der Waals surface area contributed by atoms with Crippen molar-refractivity contribution in [2.24, 2.45) is 0 Å². The molecule has 0 aliphatic carbocycles. The molecule has 0 radical (unpaired) electrons.